The standard InChI is InChI=1S/C16H21BrN2O.ClH/c17-13-6-4-12(5-7-13)16(8-9-16)15(20)19-14-3-1-2-11(14)10-18;/h4-7,11,14H,1-3,8-10,18H2,(H,19,20);1H. The van der Waals surface area contributed by atoms with Crippen molar-refractivity contribution in [2.75, 3.05) is 6.54 Å². The molecule has 2 aliphatic rings. The first-order valence-electron chi connectivity index (χ1n) is 7.43. The molecule has 0 heterocycles. The van der Waals surface area contributed by atoms with E-state index in [0.717, 1.165) is 35.7 Å². The smallest absolute Gasteiger partial charge is 0.230 e. The Morgan fingerprint density at radius 2 is 1.95 bits per heavy atom. The van der Waals surface area contributed by atoms with Crippen molar-refractivity contribution in [3.8, 4) is 0 Å². The molecule has 0 saturated heterocycles. The maximum atomic E-state index is 12.7. The lowest BCUT2D eigenvalue weighted by Gasteiger charge is -2.23. The molecule has 5 heteroatoms. The van der Waals surface area contributed by atoms with Gasteiger partial charge in [0, 0.05) is 10.5 Å². The molecule has 2 fully saturated rings. The van der Waals surface area contributed by atoms with Crippen molar-refractivity contribution in [3.05, 3.63) is 34.3 Å². The van der Waals surface area contributed by atoms with Crippen LogP contribution in [0.25, 0.3) is 0 Å². The molecule has 2 atom stereocenters. The fraction of sp³-hybridized carbons (Fsp3) is 0.562. The Balaban J connectivity index is 0.00000161. The zero-order chi connectivity index (χ0) is 14.2. The van der Waals surface area contributed by atoms with Crippen LogP contribution in [-0.4, -0.2) is 18.5 Å². The third-order valence-electron chi connectivity index (χ3n) is 4.86. The predicted octanol–water partition coefficient (Wildman–Crippen LogP) is 3.15. The van der Waals surface area contributed by atoms with Crippen molar-refractivity contribution in [2.24, 2.45) is 11.7 Å². The fourth-order valence-electron chi connectivity index (χ4n) is 3.36. The third kappa shape index (κ3) is 3.27. The fourth-order valence-corrected chi connectivity index (χ4v) is 3.62. The number of carbonyl (C=O) groups excluding carboxylic acids is 1. The van der Waals surface area contributed by atoms with E-state index < -0.39 is 0 Å². The summed E-state index contributed by atoms with van der Waals surface area (Å²) in [5.41, 5.74) is 6.66. The molecule has 116 valence electrons. The maximum Gasteiger partial charge on any atom is 0.230 e. The second-order valence-electron chi connectivity index (χ2n) is 6.10. The van der Waals surface area contributed by atoms with Gasteiger partial charge in [-0.3, -0.25) is 4.79 Å². The van der Waals surface area contributed by atoms with Gasteiger partial charge >= 0.3 is 0 Å². The number of benzene rings is 1. The summed E-state index contributed by atoms with van der Waals surface area (Å²) < 4.78 is 1.05. The largest absolute Gasteiger partial charge is 0.352 e. The van der Waals surface area contributed by atoms with Gasteiger partial charge in [-0.2, -0.15) is 0 Å². The van der Waals surface area contributed by atoms with Crippen LogP contribution in [0.4, 0.5) is 0 Å². The number of carbonyl (C=O) groups is 1. The molecule has 1 aromatic rings. The number of amides is 1. The van der Waals surface area contributed by atoms with Crippen molar-refractivity contribution in [2.45, 2.75) is 43.6 Å². The first-order valence-corrected chi connectivity index (χ1v) is 8.22. The average Bonchev–Trinajstić information content (AvgIpc) is 3.15. The van der Waals surface area contributed by atoms with Gasteiger partial charge in [0.2, 0.25) is 5.91 Å². The molecule has 0 radical (unpaired) electrons. The predicted molar refractivity (Wildman–Crippen MR) is 90.6 cm³/mol. The molecule has 0 aromatic heterocycles. The van der Waals surface area contributed by atoms with E-state index >= 15 is 0 Å². The molecule has 1 aromatic carbocycles. The quantitative estimate of drug-likeness (QED) is 0.852. The van der Waals surface area contributed by atoms with Crippen molar-refractivity contribution < 1.29 is 4.79 Å². The molecule has 3 rings (SSSR count). The molecule has 21 heavy (non-hydrogen) atoms. The number of rotatable bonds is 4. The van der Waals surface area contributed by atoms with Crippen LogP contribution in [0.5, 0.6) is 0 Å². The van der Waals surface area contributed by atoms with Crippen molar-refractivity contribution in [1.82, 2.24) is 5.32 Å². The van der Waals surface area contributed by atoms with Crippen LogP contribution in [0.3, 0.4) is 0 Å². The Morgan fingerprint density at radius 1 is 1.29 bits per heavy atom. The number of hydrogen-bond donors (Lipinski definition) is 2. The van der Waals surface area contributed by atoms with E-state index in [4.69, 9.17) is 5.73 Å². The van der Waals surface area contributed by atoms with Crippen LogP contribution in [-0.2, 0) is 10.2 Å². The van der Waals surface area contributed by atoms with E-state index in [0.29, 0.717) is 12.5 Å². The Morgan fingerprint density at radius 3 is 2.52 bits per heavy atom. The van der Waals surface area contributed by atoms with Gasteiger partial charge < -0.3 is 11.1 Å². The molecule has 3 nitrogen and oxygen atoms in total. The molecule has 2 saturated carbocycles. The van der Waals surface area contributed by atoms with E-state index in [1.54, 1.807) is 0 Å². The van der Waals surface area contributed by atoms with Crippen molar-refractivity contribution in [3.63, 3.8) is 0 Å². The average molecular weight is 374 g/mol. The van der Waals surface area contributed by atoms with E-state index in [-0.39, 0.29) is 29.8 Å². The Bertz CT molecular complexity index is 502. The van der Waals surface area contributed by atoms with Gasteiger partial charge in [0.1, 0.15) is 0 Å². The van der Waals surface area contributed by atoms with E-state index in [2.05, 4.69) is 33.4 Å². The van der Waals surface area contributed by atoms with Gasteiger partial charge in [0.05, 0.1) is 5.41 Å². The van der Waals surface area contributed by atoms with Gasteiger partial charge in [-0.1, -0.05) is 34.5 Å². The summed E-state index contributed by atoms with van der Waals surface area (Å²) in [5, 5.41) is 3.27. The number of halogens is 2. The van der Waals surface area contributed by atoms with E-state index in [1.165, 1.54) is 6.42 Å². The SMILES string of the molecule is Cl.NCC1CCCC1NC(=O)C1(c2ccc(Br)cc2)CC1. The second kappa shape index (κ2) is 6.67. The molecule has 3 N–H and O–H groups in total. The van der Waals surface area contributed by atoms with Gasteiger partial charge in [-0.25, -0.2) is 0 Å². The number of nitrogens with two attached hydrogens (primary N) is 1. The first-order chi connectivity index (χ1) is 9.65. The summed E-state index contributed by atoms with van der Waals surface area (Å²) in [7, 11) is 0. The molecule has 1 amide bonds. The minimum Gasteiger partial charge on any atom is -0.352 e. The highest BCUT2D eigenvalue weighted by molar-refractivity contribution is 9.10. The number of hydrogen-bond acceptors (Lipinski definition) is 2. The van der Waals surface area contributed by atoms with Gasteiger partial charge in [-0.05, 0) is 55.8 Å². The summed E-state index contributed by atoms with van der Waals surface area (Å²) in [6.45, 7) is 0.677. The second-order valence-corrected chi connectivity index (χ2v) is 7.01. The summed E-state index contributed by atoms with van der Waals surface area (Å²) >= 11 is 3.44. The van der Waals surface area contributed by atoms with Crippen molar-refractivity contribution in [1.29, 1.82) is 0 Å². The highest BCUT2D eigenvalue weighted by Crippen LogP contribution is 2.49. The first kappa shape index (κ1) is 16.8. The van der Waals surface area contributed by atoms with E-state index in [9.17, 15) is 4.79 Å². The highest BCUT2D eigenvalue weighted by atomic mass is 79.9. The van der Waals surface area contributed by atoms with Crippen LogP contribution in [0.1, 0.15) is 37.7 Å². The molecule has 2 unspecified atom stereocenters. The minimum atomic E-state index is -0.275. The number of nitrogens with one attached hydrogen (secondary N) is 1. The van der Waals surface area contributed by atoms with E-state index in [1.807, 2.05) is 12.1 Å². The molecule has 0 aliphatic heterocycles. The van der Waals surface area contributed by atoms with Crippen molar-refractivity contribution >= 4 is 34.2 Å². The summed E-state index contributed by atoms with van der Waals surface area (Å²) in [5.74, 6) is 0.657. The van der Waals surface area contributed by atoms with Crippen LogP contribution in [0, 0.1) is 5.92 Å². The van der Waals surface area contributed by atoms with Crippen LogP contribution >= 0.6 is 28.3 Å². The molecular weight excluding hydrogens is 352 g/mol. The molecular formula is C16H22BrClN2O. The summed E-state index contributed by atoms with van der Waals surface area (Å²) in [4.78, 5) is 12.7. The lowest BCUT2D eigenvalue weighted by Crippen LogP contribution is -2.44. The zero-order valence-electron chi connectivity index (χ0n) is 12.0. The maximum absolute atomic E-state index is 12.7. The molecule has 0 bridgehead atoms. The lowest BCUT2D eigenvalue weighted by molar-refractivity contribution is -0.124. The van der Waals surface area contributed by atoms with Crippen LogP contribution in [0.2, 0.25) is 0 Å². The molecule has 2 aliphatic carbocycles. The Labute approximate surface area is 140 Å². The highest BCUT2D eigenvalue weighted by Gasteiger charge is 2.51. The Kier molecular flexibility index (Phi) is 5.33. The molecule has 0 spiro atoms. The normalized spacial score (nSPS) is 26.0. The van der Waals surface area contributed by atoms with Crippen LogP contribution in [0.15, 0.2) is 28.7 Å². The van der Waals surface area contributed by atoms with Crippen LogP contribution < -0.4 is 11.1 Å². The topological polar surface area (TPSA) is 55.1 Å². The minimum absolute atomic E-state index is 0. The summed E-state index contributed by atoms with van der Waals surface area (Å²) in [6, 6.07) is 8.43. The summed E-state index contributed by atoms with van der Waals surface area (Å²) in [6.07, 6.45) is 5.32. The van der Waals surface area contributed by atoms with Gasteiger partial charge in [-0.15, -0.1) is 12.4 Å². The Hall–Kier alpha value is -0.580. The zero-order valence-corrected chi connectivity index (χ0v) is 14.4. The van der Waals surface area contributed by atoms with Gasteiger partial charge in [0.15, 0.2) is 0 Å². The lowest BCUT2D eigenvalue weighted by atomic mass is 9.94. The third-order valence-corrected chi connectivity index (χ3v) is 5.39. The monoisotopic (exact) mass is 372 g/mol. The van der Waals surface area contributed by atoms with Gasteiger partial charge in [0.25, 0.3) is 0 Å².